The van der Waals surface area contributed by atoms with Crippen LogP contribution in [0.25, 0.3) is 0 Å². The van der Waals surface area contributed by atoms with Crippen molar-refractivity contribution >= 4 is 33.9 Å². The van der Waals surface area contributed by atoms with Crippen LogP contribution in [0.1, 0.15) is 64.2 Å². The number of nitrogen functional groups attached to an aromatic ring is 1. The zero-order valence-electron chi connectivity index (χ0n) is 12.3. The fourth-order valence-corrected chi connectivity index (χ4v) is 4.71. The molecule has 1 heterocycles. The molecule has 0 aromatic carbocycles. The lowest BCUT2D eigenvalue weighted by Gasteiger charge is -2.17. The number of nitrogens with zero attached hydrogens (tertiary/aromatic N) is 3. The van der Waals surface area contributed by atoms with Gasteiger partial charge in [0.1, 0.15) is 0 Å². The summed E-state index contributed by atoms with van der Waals surface area (Å²) in [5.41, 5.74) is 6.54. The molecular formula is C14H24N4OS2. The van der Waals surface area contributed by atoms with Crippen LogP contribution in [0.15, 0.2) is 9.50 Å². The third-order valence-corrected chi connectivity index (χ3v) is 5.98. The van der Waals surface area contributed by atoms with Crippen molar-refractivity contribution in [3.05, 3.63) is 0 Å². The van der Waals surface area contributed by atoms with E-state index >= 15 is 0 Å². The lowest BCUT2D eigenvalue weighted by molar-refractivity contribution is 0.315. The second-order valence-electron chi connectivity index (χ2n) is 5.47. The van der Waals surface area contributed by atoms with Crippen molar-refractivity contribution in [3.63, 3.8) is 0 Å². The molecule has 7 heteroatoms. The molecule has 118 valence electrons. The maximum atomic E-state index is 9.37. The van der Waals surface area contributed by atoms with Crippen LogP contribution in [0.3, 0.4) is 0 Å². The molecule has 0 bridgehead atoms. The van der Waals surface area contributed by atoms with Crippen LogP contribution in [0.2, 0.25) is 0 Å². The van der Waals surface area contributed by atoms with Gasteiger partial charge < -0.3 is 10.9 Å². The monoisotopic (exact) mass is 328 g/mol. The van der Waals surface area contributed by atoms with Crippen LogP contribution >= 0.6 is 23.1 Å². The first-order valence-corrected chi connectivity index (χ1v) is 9.45. The SMILES string of the molecule is Nc1nnc(SC2CCCCCCCCCC/C2=N/O)s1. The van der Waals surface area contributed by atoms with Gasteiger partial charge in [-0.25, -0.2) is 0 Å². The summed E-state index contributed by atoms with van der Waals surface area (Å²) in [6.07, 6.45) is 12.0. The first-order chi connectivity index (χ1) is 10.3. The van der Waals surface area contributed by atoms with E-state index in [2.05, 4.69) is 15.4 Å². The number of nitrogens with two attached hydrogens (primary N) is 1. The average Bonchev–Trinajstić information content (AvgIpc) is 2.87. The van der Waals surface area contributed by atoms with Gasteiger partial charge in [0.05, 0.1) is 11.0 Å². The first-order valence-electron chi connectivity index (χ1n) is 7.76. The number of oxime groups is 1. The minimum absolute atomic E-state index is 0.196. The summed E-state index contributed by atoms with van der Waals surface area (Å²) in [7, 11) is 0. The lowest BCUT2D eigenvalue weighted by atomic mass is 9.99. The van der Waals surface area contributed by atoms with E-state index in [4.69, 9.17) is 5.73 Å². The van der Waals surface area contributed by atoms with Gasteiger partial charge in [-0.3, -0.25) is 0 Å². The molecule has 1 fully saturated rings. The zero-order valence-corrected chi connectivity index (χ0v) is 14.0. The molecule has 1 unspecified atom stereocenters. The van der Waals surface area contributed by atoms with E-state index in [0.29, 0.717) is 5.13 Å². The Morgan fingerprint density at radius 3 is 2.33 bits per heavy atom. The third-order valence-electron chi connectivity index (χ3n) is 3.81. The van der Waals surface area contributed by atoms with Crippen molar-refractivity contribution in [3.8, 4) is 0 Å². The standard InChI is InChI=1S/C14H24N4OS2/c15-13-16-17-14(21-13)20-12-10-8-6-4-2-1-3-5-7-9-11(12)18-19/h12,19H,1-10H2,(H2,15,16)/b18-11-. The van der Waals surface area contributed by atoms with Gasteiger partial charge in [0.15, 0.2) is 4.34 Å². The summed E-state index contributed by atoms with van der Waals surface area (Å²) < 4.78 is 0.866. The Labute approximate surface area is 134 Å². The molecule has 3 N–H and O–H groups in total. The number of thioether (sulfide) groups is 1. The molecule has 21 heavy (non-hydrogen) atoms. The molecule has 0 aliphatic heterocycles. The van der Waals surface area contributed by atoms with E-state index in [1.54, 1.807) is 11.8 Å². The summed E-state index contributed by atoms with van der Waals surface area (Å²) in [6, 6.07) is 0. The van der Waals surface area contributed by atoms with Gasteiger partial charge in [-0.1, -0.05) is 73.2 Å². The molecule has 1 aliphatic rings. The van der Waals surface area contributed by atoms with Crippen molar-refractivity contribution in [1.29, 1.82) is 0 Å². The van der Waals surface area contributed by atoms with Gasteiger partial charge in [0.25, 0.3) is 0 Å². The Morgan fingerprint density at radius 1 is 1.05 bits per heavy atom. The van der Waals surface area contributed by atoms with Crippen LogP contribution in [-0.4, -0.2) is 26.4 Å². The topological polar surface area (TPSA) is 84.4 Å². The molecule has 0 saturated heterocycles. The summed E-state index contributed by atoms with van der Waals surface area (Å²) in [5, 5.41) is 21.6. The van der Waals surface area contributed by atoms with E-state index in [-0.39, 0.29) is 5.25 Å². The smallest absolute Gasteiger partial charge is 0.203 e. The highest BCUT2D eigenvalue weighted by molar-refractivity contribution is 8.02. The summed E-state index contributed by atoms with van der Waals surface area (Å²) in [6.45, 7) is 0. The van der Waals surface area contributed by atoms with Gasteiger partial charge in [-0.15, -0.1) is 10.2 Å². The quantitative estimate of drug-likeness (QED) is 0.623. The van der Waals surface area contributed by atoms with Crippen molar-refractivity contribution in [2.45, 2.75) is 73.8 Å². The van der Waals surface area contributed by atoms with E-state index < -0.39 is 0 Å². The average molecular weight is 329 g/mol. The molecule has 1 saturated carbocycles. The Balaban J connectivity index is 1.99. The Morgan fingerprint density at radius 2 is 1.71 bits per heavy atom. The molecule has 2 rings (SSSR count). The number of rotatable bonds is 2. The van der Waals surface area contributed by atoms with Gasteiger partial charge in [-0.05, 0) is 19.3 Å². The van der Waals surface area contributed by atoms with Crippen LogP contribution in [0, 0.1) is 0 Å². The minimum Gasteiger partial charge on any atom is -0.411 e. The maximum Gasteiger partial charge on any atom is 0.203 e. The van der Waals surface area contributed by atoms with Gasteiger partial charge in [-0.2, -0.15) is 0 Å². The van der Waals surface area contributed by atoms with Crippen LogP contribution in [0.5, 0.6) is 0 Å². The molecule has 0 amide bonds. The molecule has 1 aliphatic carbocycles. The normalized spacial score (nSPS) is 24.4. The fourth-order valence-electron chi connectivity index (χ4n) is 2.66. The van der Waals surface area contributed by atoms with Crippen molar-refractivity contribution in [2.24, 2.45) is 5.16 Å². The predicted octanol–water partition coefficient (Wildman–Crippen LogP) is 4.33. The fraction of sp³-hybridized carbons (Fsp3) is 0.786. The molecule has 1 aromatic rings. The molecule has 0 spiro atoms. The van der Waals surface area contributed by atoms with Gasteiger partial charge in [0.2, 0.25) is 5.13 Å². The third kappa shape index (κ3) is 5.82. The second kappa shape index (κ2) is 9.25. The van der Waals surface area contributed by atoms with E-state index in [1.807, 2.05) is 0 Å². The molecule has 1 atom stereocenters. The number of hydrogen-bond donors (Lipinski definition) is 2. The maximum absolute atomic E-state index is 9.37. The van der Waals surface area contributed by atoms with Crippen LogP contribution in [-0.2, 0) is 0 Å². The van der Waals surface area contributed by atoms with Crippen molar-refractivity contribution < 1.29 is 5.21 Å². The van der Waals surface area contributed by atoms with Gasteiger partial charge in [0, 0.05) is 0 Å². The summed E-state index contributed by atoms with van der Waals surface area (Å²) in [4.78, 5) is 0. The van der Waals surface area contributed by atoms with E-state index in [9.17, 15) is 5.21 Å². The highest BCUT2D eigenvalue weighted by Gasteiger charge is 2.20. The van der Waals surface area contributed by atoms with Crippen molar-refractivity contribution in [1.82, 2.24) is 10.2 Å². The Kier molecular flexibility index (Phi) is 7.29. The summed E-state index contributed by atoms with van der Waals surface area (Å²) in [5.74, 6) is 0. The zero-order chi connectivity index (χ0) is 14.9. The number of aromatic nitrogens is 2. The highest BCUT2D eigenvalue weighted by Crippen LogP contribution is 2.32. The van der Waals surface area contributed by atoms with Gasteiger partial charge >= 0.3 is 0 Å². The largest absolute Gasteiger partial charge is 0.411 e. The minimum atomic E-state index is 0.196. The Bertz CT molecular complexity index is 450. The molecule has 5 nitrogen and oxygen atoms in total. The van der Waals surface area contributed by atoms with E-state index in [0.717, 1.165) is 29.3 Å². The second-order valence-corrected chi connectivity index (χ2v) is 7.93. The molecular weight excluding hydrogens is 304 g/mol. The highest BCUT2D eigenvalue weighted by atomic mass is 32.2. The summed E-state index contributed by atoms with van der Waals surface area (Å²) >= 11 is 3.05. The predicted molar refractivity (Wildman–Crippen MR) is 89.4 cm³/mol. The van der Waals surface area contributed by atoms with Crippen molar-refractivity contribution in [2.75, 3.05) is 5.73 Å². The van der Waals surface area contributed by atoms with Crippen LogP contribution < -0.4 is 5.73 Å². The Hall–Kier alpha value is -0.820. The lowest BCUT2D eigenvalue weighted by Crippen LogP contribution is -2.18. The first kappa shape index (κ1) is 16.5. The number of hydrogen-bond acceptors (Lipinski definition) is 7. The molecule has 0 radical (unpaired) electrons. The van der Waals surface area contributed by atoms with Crippen LogP contribution in [0.4, 0.5) is 5.13 Å². The number of anilines is 1. The molecule has 1 aromatic heterocycles. The van der Waals surface area contributed by atoms with E-state index in [1.165, 1.54) is 56.3 Å².